The molecule has 0 fully saturated rings. The van der Waals surface area contributed by atoms with Crippen molar-refractivity contribution in [2.24, 2.45) is 0 Å². The highest BCUT2D eigenvalue weighted by atomic mass is 35.5. The fourth-order valence-electron chi connectivity index (χ4n) is 3.57. The molecule has 1 aliphatic heterocycles. The van der Waals surface area contributed by atoms with Crippen LogP contribution in [0.4, 0.5) is 15.8 Å². The van der Waals surface area contributed by atoms with Gasteiger partial charge < -0.3 is 5.32 Å². The summed E-state index contributed by atoms with van der Waals surface area (Å²) in [5.41, 5.74) is 1.94. The number of sulfonamides is 1. The number of nitro groups is 1. The number of anilines is 1. The van der Waals surface area contributed by atoms with Crippen molar-refractivity contribution in [1.29, 1.82) is 0 Å². The van der Waals surface area contributed by atoms with E-state index < -0.39 is 26.7 Å². The molecule has 0 saturated carbocycles. The van der Waals surface area contributed by atoms with E-state index in [4.69, 9.17) is 11.6 Å². The predicted octanol–water partition coefficient (Wildman–Crippen LogP) is 4.39. The van der Waals surface area contributed by atoms with E-state index in [1.165, 1.54) is 28.6 Å². The minimum Gasteiger partial charge on any atom is -0.322 e. The summed E-state index contributed by atoms with van der Waals surface area (Å²) in [6, 6.07) is 13.4. The number of nitrogens with zero attached hydrogens (tertiary/aromatic N) is 2. The lowest BCUT2D eigenvalue weighted by atomic mass is 10.0. The van der Waals surface area contributed by atoms with Crippen LogP contribution in [-0.2, 0) is 23.0 Å². The monoisotopic (exact) mass is 489 g/mol. The second-order valence-electron chi connectivity index (χ2n) is 7.40. The maximum Gasteiger partial charge on any atom is 0.270 e. The van der Waals surface area contributed by atoms with Gasteiger partial charge in [0, 0.05) is 30.9 Å². The molecule has 0 unspecified atom stereocenters. The summed E-state index contributed by atoms with van der Waals surface area (Å²) in [4.78, 5) is 22.9. The first-order chi connectivity index (χ1) is 15.6. The van der Waals surface area contributed by atoms with Crippen LogP contribution in [0.1, 0.15) is 21.5 Å². The Bertz CT molecular complexity index is 1360. The van der Waals surface area contributed by atoms with Gasteiger partial charge in [-0.25, -0.2) is 12.8 Å². The molecule has 1 N–H and O–H groups in total. The summed E-state index contributed by atoms with van der Waals surface area (Å²) < 4.78 is 40.4. The lowest BCUT2D eigenvalue weighted by Crippen LogP contribution is -2.36. The zero-order valence-corrected chi connectivity index (χ0v) is 18.6. The van der Waals surface area contributed by atoms with Crippen LogP contribution in [0.5, 0.6) is 0 Å². The van der Waals surface area contributed by atoms with Crippen LogP contribution in [-0.4, -0.2) is 30.1 Å². The molecule has 0 spiro atoms. The number of carbonyl (C=O) groups is 1. The molecule has 170 valence electrons. The van der Waals surface area contributed by atoms with Crippen LogP contribution < -0.4 is 5.32 Å². The van der Waals surface area contributed by atoms with Crippen molar-refractivity contribution >= 4 is 38.9 Å². The van der Waals surface area contributed by atoms with Crippen molar-refractivity contribution in [1.82, 2.24) is 4.31 Å². The fourth-order valence-corrected chi connectivity index (χ4v) is 5.25. The molecular weight excluding hydrogens is 473 g/mol. The first kappa shape index (κ1) is 22.8. The number of nitro benzene ring substituents is 1. The van der Waals surface area contributed by atoms with Gasteiger partial charge in [0.05, 0.1) is 20.4 Å². The van der Waals surface area contributed by atoms with E-state index in [0.29, 0.717) is 12.1 Å². The van der Waals surface area contributed by atoms with E-state index in [1.807, 2.05) is 6.07 Å². The number of halogens is 2. The SMILES string of the molecule is O=C(Nc1ccc2c(c1)CN(S(=O)(=O)c1ccc(F)cc1)CC2)c1ccc([N+](=O)[O-])cc1Cl. The predicted molar refractivity (Wildman–Crippen MR) is 120 cm³/mol. The van der Waals surface area contributed by atoms with Gasteiger partial charge in [0.1, 0.15) is 5.82 Å². The van der Waals surface area contributed by atoms with Crippen LogP contribution in [0.2, 0.25) is 5.02 Å². The van der Waals surface area contributed by atoms with E-state index in [1.54, 1.807) is 12.1 Å². The van der Waals surface area contributed by atoms with Crippen molar-refractivity contribution in [2.75, 3.05) is 11.9 Å². The van der Waals surface area contributed by atoms with E-state index in [2.05, 4.69) is 5.32 Å². The molecule has 4 rings (SSSR count). The maximum atomic E-state index is 13.2. The summed E-state index contributed by atoms with van der Waals surface area (Å²) >= 11 is 6.03. The summed E-state index contributed by atoms with van der Waals surface area (Å²) in [6.45, 7) is 0.369. The average Bonchev–Trinajstić information content (AvgIpc) is 2.78. The number of hydrogen-bond acceptors (Lipinski definition) is 5. The number of fused-ring (bicyclic) bond motifs is 1. The summed E-state index contributed by atoms with van der Waals surface area (Å²) in [5, 5.41) is 13.5. The molecule has 0 aliphatic carbocycles. The Hall–Kier alpha value is -3.34. The molecule has 0 aromatic heterocycles. The van der Waals surface area contributed by atoms with Crippen LogP contribution in [0.15, 0.2) is 65.6 Å². The third kappa shape index (κ3) is 4.72. The fraction of sp³-hybridized carbons (Fsp3) is 0.136. The summed E-state index contributed by atoms with van der Waals surface area (Å²) in [7, 11) is -3.81. The van der Waals surface area contributed by atoms with E-state index in [-0.39, 0.29) is 34.3 Å². The molecule has 3 aromatic rings. The van der Waals surface area contributed by atoms with Gasteiger partial charge >= 0.3 is 0 Å². The van der Waals surface area contributed by atoms with Gasteiger partial charge in [0.15, 0.2) is 0 Å². The Morgan fingerprint density at radius 3 is 2.45 bits per heavy atom. The third-order valence-corrected chi connectivity index (χ3v) is 7.47. The van der Waals surface area contributed by atoms with Gasteiger partial charge in [-0.1, -0.05) is 17.7 Å². The summed E-state index contributed by atoms with van der Waals surface area (Å²) in [6.07, 6.45) is 0.484. The quantitative estimate of drug-likeness (QED) is 0.422. The number of hydrogen-bond donors (Lipinski definition) is 1. The number of rotatable bonds is 5. The lowest BCUT2D eigenvalue weighted by molar-refractivity contribution is -0.384. The van der Waals surface area contributed by atoms with Gasteiger partial charge in [0.2, 0.25) is 10.0 Å². The molecule has 33 heavy (non-hydrogen) atoms. The highest BCUT2D eigenvalue weighted by molar-refractivity contribution is 7.89. The first-order valence-electron chi connectivity index (χ1n) is 9.78. The molecule has 1 aliphatic rings. The molecule has 0 atom stereocenters. The van der Waals surface area contributed by atoms with Gasteiger partial charge in [-0.15, -0.1) is 0 Å². The Morgan fingerprint density at radius 2 is 1.79 bits per heavy atom. The molecule has 11 heteroatoms. The Morgan fingerprint density at radius 1 is 1.06 bits per heavy atom. The lowest BCUT2D eigenvalue weighted by Gasteiger charge is -2.28. The van der Waals surface area contributed by atoms with E-state index in [0.717, 1.165) is 29.3 Å². The second-order valence-corrected chi connectivity index (χ2v) is 9.75. The van der Waals surface area contributed by atoms with Crippen LogP contribution in [0.3, 0.4) is 0 Å². The van der Waals surface area contributed by atoms with Crippen molar-refractivity contribution in [3.05, 3.63) is 98.3 Å². The number of carbonyl (C=O) groups excluding carboxylic acids is 1. The van der Waals surface area contributed by atoms with Gasteiger partial charge in [-0.2, -0.15) is 4.31 Å². The van der Waals surface area contributed by atoms with Crippen molar-refractivity contribution in [2.45, 2.75) is 17.9 Å². The molecule has 3 aromatic carbocycles. The van der Waals surface area contributed by atoms with E-state index in [9.17, 15) is 27.7 Å². The third-order valence-electron chi connectivity index (χ3n) is 5.30. The molecule has 0 radical (unpaired) electrons. The largest absolute Gasteiger partial charge is 0.322 e. The Balaban J connectivity index is 1.54. The summed E-state index contributed by atoms with van der Waals surface area (Å²) in [5.74, 6) is -1.08. The van der Waals surface area contributed by atoms with Crippen molar-refractivity contribution < 1.29 is 22.5 Å². The minimum absolute atomic E-state index is 0.00428. The standard InChI is InChI=1S/C22H17ClFN3O5S/c23-21-12-18(27(29)30)5-8-20(21)22(28)25-17-4-1-14-9-10-26(13-15(14)11-17)33(31,32)19-6-2-16(24)3-7-19/h1-8,11-12H,9-10,13H2,(H,25,28). The second kappa shape index (κ2) is 8.89. The smallest absolute Gasteiger partial charge is 0.270 e. The highest BCUT2D eigenvalue weighted by Crippen LogP contribution is 2.28. The van der Waals surface area contributed by atoms with Crippen LogP contribution in [0.25, 0.3) is 0 Å². The van der Waals surface area contributed by atoms with Gasteiger partial charge in [-0.3, -0.25) is 14.9 Å². The highest BCUT2D eigenvalue weighted by Gasteiger charge is 2.28. The van der Waals surface area contributed by atoms with Gasteiger partial charge in [-0.05, 0) is 60.0 Å². The zero-order valence-electron chi connectivity index (χ0n) is 17.0. The molecular formula is C22H17ClFN3O5S. The molecule has 1 amide bonds. The number of benzene rings is 3. The van der Waals surface area contributed by atoms with Crippen LogP contribution in [0, 0.1) is 15.9 Å². The van der Waals surface area contributed by atoms with Crippen molar-refractivity contribution in [3.63, 3.8) is 0 Å². The number of nitrogens with one attached hydrogen (secondary N) is 1. The Labute approximate surface area is 193 Å². The first-order valence-corrected chi connectivity index (χ1v) is 11.6. The normalized spacial score (nSPS) is 13.9. The van der Waals surface area contributed by atoms with Crippen LogP contribution >= 0.6 is 11.6 Å². The maximum absolute atomic E-state index is 13.2. The Kier molecular flexibility index (Phi) is 6.15. The van der Waals surface area contributed by atoms with E-state index >= 15 is 0 Å². The number of amides is 1. The molecule has 0 saturated heterocycles. The topological polar surface area (TPSA) is 110 Å². The minimum atomic E-state index is -3.81. The van der Waals surface area contributed by atoms with Crippen molar-refractivity contribution in [3.8, 4) is 0 Å². The average molecular weight is 490 g/mol. The molecule has 1 heterocycles. The van der Waals surface area contributed by atoms with Gasteiger partial charge in [0.25, 0.3) is 11.6 Å². The molecule has 8 nitrogen and oxygen atoms in total. The number of non-ortho nitro benzene ring substituents is 1. The zero-order chi connectivity index (χ0) is 23.8. The molecule has 0 bridgehead atoms.